The summed E-state index contributed by atoms with van der Waals surface area (Å²) in [6.45, 7) is 3.74. The zero-order valence-corrected chi connectivity index (χ0v) is 12.4. The van der Waals surface area contributed by atoms with Crippen molar-refractivity contribution >= 4 is 21.7 Å². The first-order chi connectivity index (χ1) is 9.78. The molecule has 5 nitrogen and oxygen atoms in total. The molecule has 0 spiro atoms. The second-order valence-electron chi connectivity index (χ2n) is 4.81. The van der Waals surface area contributed by atoms with Gasteiger partial charge in [0, 0.05) is 5.69 Å². The van der Waals surface area contributed by atoms with Crippen molar-refractivity contribution in [2.75, 3.05) is 4.72 Å². The van der Waals surface area contributed by atoms with Gasteiger partial charge < -0.3 is 5.11 Å². The molecule has 0 aliphatic heterocycles. The molecular formula is C15H15NO4S. The van der Waals surface area contributed by atoms with E-state index in [1.54, 1.807) is 12.1 Å². The summed E-state index contributed by atoms with van der Waals surface area (Å²) in [5, 5.41) is 8.92. The number of carbonyl (C=O) groups is 1. The van der Waals surface area contributed by atoms with Gasteiger partial charge in [0.2, 0.25) is 0 Å². The van der Waals surface area contributed by atoms with Gasteiger partial charge in [-0.25, -0.2) is 13.2 Å². The van der Waals surface area contributed by atoms with Crippen LogP contribution in [0.25, 0.3) is 0 Å². The monoisotopic (exact) mass is 305 g/mol. The summed E-state index contributed by atoms with van der Waals surface area (Å²) >= 11 is 0. The molecule has 0 saturated carbocycles. The largest absolute Gasteiger partial charge is 0.478 e. The van der Waals surface area contributed by atoms with Crippen molar-refractivity contribution in [1.29, 1.82) is 0 Å². The second-order valence-corrected chi connectivity index (χ2v) is 6.50. The Labute approximate surface area is 123 Å². The number of carboxylic acid groups (broad SMARTS) is 1. The number of anilines is 1. The summed E-state index contributed by atoms with van der Waals surface area (Å²) in [5.41, 5.74) is 2.26. The van der Waals surface area contributed by atoms with E-state index in [4.69, 9.17) is 5.11 Å². The fraction of sp³-hybridized carbons (Fsp3) is 0.133. The van der Waals surface area contributed by atoms with Crippen LogP contribution in [0.15, 0.2) is 47.4 Å². The first kappa shape index (κ1) is 15.1. The second kappa shape index (κ2) is 5.57. The van der Waals surface area contributed by atoms with Crippen LogP contribution in [0, 0.1) is 13.8 Å². The molecule has 0 radical (unpaired) electrons. The molecule has 0 aliphatic carbocycles. The average molecular weight is 305 g/mol. The van der Waals surface area contributed by atoms with E-state index in [2.05, 4.69) is 4.72 Å². The lowest BCUT2D eigenvalue weighted by molar-refractivity contribution is 0.0696. The lowest BCUT2D eigenvalue weighted by Crippen LogP contribution is -2.14. The number of rotatable bonds is 4. The fourth-order valence-corrected chi connectivity index (χ4v) is 3.13. The van der Waals surface area contributed by atoms with E-state index in [0.717, 1.165) is 17.2 Å². The molecule has 2 aromatic carbocycles. The van der Waals surface area contributed by atoms with E-state index in [9.17, 15) is 13.2 Å². The van der Waals surface area contributed by atoms with Gasteiger partial charge in [-0.3, -0.25) is 4.72 Å². The maximum Gasteiger partial charge on any atom is 0.335 e. The molecule has 0 saturated heterocycles. The van der Waals surface area contributed by atoms with Crippen molar-refractivity contribution in [2.24, 2.45) is 0 Å². The molecule has 6 heteroatoms. The molecule has 0 amide bonds. The SMILES string of the molecule is Cc1cc(C)cc(NS(=O)(=O)c2cccc(C(=O)O)c2)c1. The molecule has 2 N–H and O–H groups in total. The third kappa shape index (κ3) is 3.61. The predicted molar refractivity (Wildman–Crippen MR) is 80.1 cm³/mol. The highest BCUT2D eigenvalue weighted by Gasteiger charge is 2.16. The Balaban J connectivity index is 2.38. The normalized spacial score (nSPS) is 11.1. The van der Waals surface area contributed by atoms with Crippen molar-refractivity contribution in [2.45, 2.75) is 18.7 Å². The van der Waals surface area contributed by atoms with Gasteiger partial charge in [0.05, 0.1) is 10.5 Å². The van der Waals surface area contributed by atoms with Crippen LogP contribution in [0.2, 0.25) is 0 Å². The van der Waals surface area contributed by atoms with E-state index in [1.165, 1.54) is 18.2 Å². The van der Waals surface area contributed by atoms with Gasteiger partial charge in [0.15, 0.2) is 0 Å². The minimum atomic E-state index is -3.82. The number of carboxylic acids is 1. The number of aromatic carboxylic acids is 1. The van der Waals surface area contributed by atoms with Crippen molar-refractivity contribution in [3.8, 4) is 0 Å². The molecular weight excluding hydrogens is 290 g/mol. The van der Waals surface area contributed by atoms with Crippen LogP contribution in [0.5, 0.6) is 0 Å². The van der Waals surface area contributed by atoms with Gasteiger partial charge in [-0.1, -0.05) is 12.1 Å². The number of benzene rings is 2. The van der Waals surface area contributed by atoms with Crippen LogP contribution >= 0.6 is 0 Å². The van der Waals surface area contributed by atoms with Gasteiger partial charge in [-0.05, 0) is 55.3 Å². The molecule has 2 aromatic rings. The standard InChI is InChI=1S/C15H15NO4S/c1-10-6-11(2)8-13(7-10)16-21(19,20)14-5-3-4-12(9-14)15(17)18/h3-9,16H,1-2H3,(H,17,18). The number of hydrogen-bond acceptors (Lipinski definition) is 3. The maximum absolute atomic E-state index is 12.3. The Bertz CT molecular complexity index is 777. The Morgan fingerprint density at radius 2 is 1.67 bits per heavy atom. The lowest BCUT2D eigenvalue weighted by Gasteiger charge is -2.10. The summed E-state index contributed by atoms with van der Waals surface area (Å²) in [7, 11) is -3.82. The van der Waals surface area contributed by atoms with E-state index >= 15 is 0 Å². The highest BCUT2D eigenvalue weighted by molar-refractivity contribution is 7.92. The van der Waals surface area contributed by atoms with Crippen LogP contribution in [0.3, 0.4) is 0 Å². The third-order valence-corrected chi connectivity index (χ3v) is 4.24. The van der Waals surface area contributed by atoms with Gasteiger partial charge in [-0.2, -0.15) is 0 Å². The first-order valence-corrected chi connectivity index (χ1v) is 7.71. The quantitative estimate of drug-likeness (QED) is 0.909. The lowest BCUT2D eigenvalue weighted by atomic mass is 10.1. The van der Waals surface area contributed by atoms with Crippen LogP contribution < -0.4 is 4.72 Å². The van der Waals surface area contributed by atoms with E-state index in [-0.39, 0.29) is 10.5 Å². The first-order valence-electron chi connectivity index (χ1n) is 6.22. The average Bonchev–Trinajstić information content (AvgIpc) is 2.37. The van der Waals surface area contributed by atoms with E-state index in [1.807, 2.05) is 19.9 Å². The fourth-order valence-electron chi connectivity index (χ4n) is 2.04. The van der Waals surface area contributed by atoms with E-state index < -0.39 is 16.0 Å². The van der Waals surface area contributed by atoms with Crippen LogP contribution in [-0.4, -0.2) is 19.5 Å². The smallest absolute Gasteiger partial charge is 0.335 e. The van der Waals surface area contributed by atoms with Gasteiger partial charge >= 0.3 is 5.97 Å². The molecule has 110 valence electrons. The van der Waals surface area contributed by atoms with Crippen molar-refractivity contribution in [3.63, 3.8) is 0 Å². The van der Waals surface area contributed by atoms with Gasteiger partial charge in [0.1, 0.15) is 0 Å². The summed E-state index contributed by atoms with van der Waals surface area (Å²) in [4.78, 5) is 10.8. The number of hydrogen-bond donors (Lipinski definition) is 2. The molecule has 21 heavy (non-hydrogen) atoms. The van der Waals surface area contributed by atoms with Crippen LogP contribution in [-0.2, 0) is 10.0 Å². The summed E-state index contributed by atoms with van der Waals surface area (Å²) in [6.07, 6.45) is 0. The van der Waals surface area contributed by atoms with Crippen molar-refractivity contribution < 1.29 is 18.3 Å². The minimum absolute atomic E-state index is 0.0710. The molecule has 0 fully saturated rings. The van der Waals surface area contributed by atoms with E-state index in [0.29, 0.717) is 5.69 Å². The van der Waals surface area contributed by atoms with Crippen molar-refractivity contribution in [3.05, 3.63) is 59.2 Å². The highest BCUT2D eigenvalue weighted by Crippen LogP contribution is 2.19. The molecule has 2 rings (SSSR count). The van der Waals surface area contributed by atoms with Crippen LogP contribution in [0.1, 0.15) is 21.5 Å². The third-order valence-electron chi connectivity index (χ3n) is 2.87. The number of sulfonamides is 1. The Morgan fingerprint density at radius 3 is 2.24 bits per heavy atom. The van der Waals surface area contributed by atoms with Crippen LogP contribution in [0.4, 0.5) is 5.69 Å². The Morgan fingerprint density at radius 1 is 1.05 bits per heavy atom. The zero-order chi connectivity index (χ0) is 15.6. The molecule has 0 atom stereocenters. The zero-order valence-electron chi connectivity index (χ0n) is 11.6. The minimum Gasteiger partial charge on any atom is -0.478 e. The van der Waals surface area contributed by atoms with Gasteiger partial charge in [-0.15, -0.1) is 0 Å². The molecule has 0 aromatic heterocycles. The Kier molecular flexibility index (Phi) is 3.99. The predicted octanol–water partition coefficient (Wildman–Crippen LogP) is 2.80. The Hall–Kier alpha value is -2.34. The van der Waals surface area contributed by atoms with Gasteiger partial charge in [0.25, 0.3) is 10.0 Å². The molecule has 0 bridgehead atoms. The number of nitrogens with one attached hydrogen (secondary N) is 1. The molecule has 0 aliphatic rings. The topological polar surface area (TPSA) is 83.5 Å². The number of aryl methyl sites for hydroxylation is 2. The maximum atomic E-state index is 12.3. The van der Waals surface area contributed by atoms with Crippen molar-refractivity contribution in [1.82, 2.24) is 0 Å². The molecule has 0 unspecified atom stereocenters. The summed E-state index contributed by atoms with van der Waals surface area (Å²) in [5.74, 6) is -1.17. The summed E-state index contributed by atoms with van der Waals surface area (Å²) in [6, 6.07) is 10.6. The summed E-state index contributed by atoms with van der Waals surface area (Å²) < 4.78 is 27.1. The molecule has 0 heterocycles. The highest BCUT2D eigenvalue weighted by atomic mass is 32.2.